The van der Waals surface area contributed by atoms with E-state index in [1.54, 1.807) is 24.3 Å². The van der Waals surface area contributed by atoms with Crippen LogP contribution in [0.3, 0.4) is 0 Å². The zero-order valence-corrected chi connectivity index (χ0v) is 13.2. The van der Waals surface area contributed by atoms with Crippen LogP contribution < -0.4 is 5.32 Å². The molecule has 0 unspecified atom stereocenters. The average Bonchev–Trinajstić information content (AvgIpc) is 2.82. The average molecular weight is 317 g/mol. The lowest BCUT2D eigenvalue weighted by molar-refractivity contribution is 0.102. The van der Waals surface area contributed by atoms with Gasteiger partial charge in [-0.3, -0.25) is 10.1 Å². The van der Waals surface area contributed by atoms with Crippen LogP contribution in [0.25, 0.3) is 10.2 Å². The monoisotopic (exact) mass is 316 g/mol. The largest absolute Gasteiger partial charge is 0.298 e. The van der Waals surface area contributed by atoms with Gasteiger partial charge >= 0.3 is 0 Å². The van der Waals surface area contributed by atoms with Crippen LogP contribution >= 0.6 is 22.9 Å². The lowest BCUT2D eigenvalue weighted by atomic mass is 10.1. The lowest BCUT2D eigenvalue weighted by Gasteiger charge is -2.01. The number of hydrogen-bond acceptors (Lipinski definition) is 3. The number of nitrogens with zero attached hydrogens (tertiary/aromatic N) is 1. The number of rotatable bonds is 2. The molecule has 0 saturated heterocycles. The summed E-state index contributed by atoms with van der Waals surface area (Å²) in [7, 11) is 0. The molecular weight excluding hydrogens is 304 g/mol. The van der Waals surface area contributed by atoms with E-state index >= 15 is 0 Å². The second kappa shape index (κ2) is 5.47. The topological polar surface area (TPSA) is 42.0 Å². The molecule has 1 aromatic heterocycles. The third-order valence-corrected chi connectivity index (χ3v) is 4.52. The van der Waals surface area contributed by atoms with E-state index in [2.05, 4.69) is 23.3 Å². The van der Waals surface area contributed by atoms with Gasteiger partial charge in [-0.1, -0.05) is 29.0 Å². The summed E-state index contributed by atoms with van der Waals surface area (Å²) in [5, 5.41) is 4.06. The van der Waals surface area contributed by atoms with Crippen LogP contribution in [0.1, 0.15) is 21.5 Å². The number of aromatic nitrogens is 1. The van der Waals surface area contributed by atoms with Gasteiger partial charge in [0, 0.05) is 10.6 Å². The van der Waals surface area contributed by atoms with Gasteiger partial charge < -0.3 is 0 Å². The number of fused-ring (bicyclic) bond motifs is 1. The Morgan fingerprint density at radius 3 is 2.62 bits per heavy atom. The number of benzene rings is 2. The lowest BCUT2D eigenvalue weighted by Crippen LogP contribution is -2.11. The third-order valence-electron chi connectivity index (χ3n) is 3.15. The van der Waals surface area contributed by atoms with Gasteiger partial charge in [0.05, 0.1) is 10.2 Å². The SMILES string of the molecule is Cc1cc(C)c2sc(NC(=O)c3ccc(Cl)cc3)nc2c1. The highest BCUT2D eigenvalue weighted by Gasteiger charge is 2.11. The molecule has 2 aromatic carbocycles. The van der Waals surface area contributed by atoms with Crippen molar-refractivity contribution in [2.24, 2.45) is 0 Å². The Hall–Kier alpha value is -1.91. The second-order valence-electron chi connectivity index (χ2n) is 4.91. The number of halogens is 1. The Morgan fingerprint density at radius 2 is 1.90 bits per heavy atom. The fraction of sp³-hybridized carbons (Fsp3) is 0.125. The summed E-state index contributed by atoms with van der Waals surface area (Å²) in [4.78, 5) is 16.6. The number of hydrogen-bond donors (Lipinski definition) is 1. The van der Waals surface area contributed by atoms with Gasteiger partial charge in [0.1, 0.15) is 0 Å². The van der Waals surface area contributed by atoms with Crippen molar-refractivity contribution in [3.05, 3.63) is 58.1 Å². The minimum absolute atomic E-state index is 0.180. The molecule has 0 saturated carbocycles. The second-order valence-corrected chi connectivity index (χ2v) is 6.35. The van der Waals surface area contributed by atoms with Crippen LogP contribution in [-0.4, -0.2) is 10.9 Å². The van der Waals surface area contributed by atoms with Crippen molar-refractivity contribution in [1.82, 2.24) is 4.98 Å². The first-order valence-electron chi connectivity index (χ1n) is 6.47. The highest BCUT2D eigenvalue weighted by Crippen LogP contribution is 2.30. The highest BCUT2D eigenvalue weighted by molar-refractivity contribution is 7.22. The number of aryl methyl sites for hydroxylation is 2. The summed E-state index contributed by atoms with van der Waals surface area (Å²) in [5.41, 5.74) is 3.82. The summed E-state index contributed by atoms with van der Waals surface area (Å²) in [5.74, 6) is -0.180. The zero-order chi connectivity index (χ0) is 15.0. The molecule has 5 heteroatoms. The van der Waals surface area contributed by atoms with Crippen LogP contribution in [-0.2, 0) is 0 Å². The molecule has 0 bridgehead atoms. The molecule has 1 N–H and O–H groups in total. The van der Waals surface area contributed by atoms with Crippen LogP contribution in [0.15, 0.2) is 36.4 Å². The normalized spacial score (nSPS) is 10.8. The van der Waals surface area contributed by atoms with Crippen LogP contribution in [0, 0.1) is 13.8 Å². The number of thiazole rings is 1. The molecule has 0 atom stereocenters. The molecule has 1 heterocycles. The van der Waals surface area contributed by atoms with E-state index in [-0.39, 0.29) is 5.91 Å². The van der Waals surface area contributed by atoms with E-state index in [1.165, 1.54) is 22.5 Å². The van der Waals surface area contributed by atoms with Gasteiger partial charge in [0.15, 0.2) is 5.13 Å². The minimum Gasteiger partial charge on any atom is -0.298 e. The van der Waals surface area contributed by atoms with Crippen molar-refractivity contribution in [1.29, 1.82) is 0 Å². The summed E-state index contributed by atoms with van der Waals surface area (Å²) in [6.45, 7) is 4.09. The molecule has 3 rings (SSSR count). The molecule has 0 aliphatic rings. The van der Waals surface area contributed by atoms with Crippen molar-refractivity contribution in [3.8, 4) is 0 Å². The van der Waals surface area contributed by atoms with E-state index < -0.39 is 0 Å². The fourth-order valence-electron chi connectivity index (χ4n) is 2.20. The van der Waals surface area contributed by atoms with Gasteiger partial charge in [-0.15, -0.1) is 0 Å². The maximum absolute atomic E-state index is 12.2. The molecule has 0 aliphatic carbocycles. The van der Waals surface area contributed by atoms with E-state index in [0.717, 1.165) is 10.2 Å². The third kappa shape index (κ3) is 2.91. The van der Waals surface area contributed by atoms with Crippen LogP contribution in [0.5, 0.6) is 0 Å². The summed E-state index contributed by atoms with van der Waals surface area (Å²) < 4.78 is 1.10. The summed E-state index contributed by atoms with van der Waals surface area (Å²) in [6.07, 6.45) is 0. The van der Waals surface area contributed by atoms with E-state index in [1.807, 2.05) is 13.0 Å². The molecule has 3 aromatic rings. The molecule has 106 valence electrons. The highest BCUT2D eigenvalue weighted by atomic mass is 35.5. The molecule has 3 nitrogen and oxygen atoms in total. The zero-order valence-electron chi connectivity index (χ0n) is 11.6. The predicted molar refractivity (Wildman–Crippen MR) is 88.5 cm³/mol. The Bertz CT molecular complexity index is 824. The Labute approximate surface area is 131 Å². The Kier molecular flexibility index (Phi) is 3.66. The first-order chi connectivity index (χ1) is 10.0. The van der Waals surface area contributed by atoms with Gasteiger partial charge in [-0.05, 0) is 55.3 Å². The van der Waals surface area contributed by atoms with Crippen molar-refractivity contribution < 1.29 is 4.79 Å². The van der Waals surface area contributed by atoms with E-state index in [4.69, 9.17) is 11.6 Å². The van der Waals surface area contributed by atoms with Crippen molar-refractivity contribution in [2.45, 2.75) is 13.8 Å². The van der Waals surface area contributed by atoms with Gasteiger partial charge in [0.2, 0.25) is 0 Å². The van der Waals surface area contributed by atoms with Crippen molar-refractivity contribution in [3.63, 3.8) is 0 Å². The number of carbonyl (C=O) groups excluding carboxylic acids is 1. The Balaban J connectivity index is 1.89. The molecule has 0 aliphatic heterocycles. The Morgan fingerprint density at radius 1 is 1.19 bits per heavy atom. The number of amides is 1. The van der Waals surface area contributed by atoms with E-state index in [9.17, 15) is 4.79 Å². The van der Waals surface area contributed by atoms with E-state index in [0.29, 0.717) is 15.7 Å². The van der Waals surface area contributed by atoms with Crippen molar-refractivity contribution >= 4 is 44.2 Å². The molecule has 0 fully saturated rings. The molecule has 0 spiro atoms. The maximum atomic E-state index is 12.2. The number of anilines is 1. The molecule has 1 amide bonds. The standard InChI is InChI=1S/C16H13ClN2OS/c1-9-7-10(2)14-13(8-9)18-16(21-14)19-15(20)11-3-5-12(17)6-4-11/h3-8H,1-2H3,(H,18,19,20). The molecular formula is C16H13ClN2OS. The van der Waals surface area contributed by atoms with Gasteiger partial charge in [0.25, 0.3) is 5.91 Å². The summed E-state index contributed by atoms with van der Waals surface area (Å²) in [6, 6.07) is 10.9. The van der Waals surface area contributed by atoms with Crippen LogP contribution in [0.2, 0.25) is 5.02 Å². The summed E-state index contributed by atoms with van der Waals surface area (Å²) >= 11 is 7.31. The maximum Gasteiger partial charge on any atom is 0.257 e. The van der Waals surface area contributed by atoms with Crippen LogP contribution in [0.4, 0.5) is 5.13 Å². The quantitative estimate of drug-likeness (QED) is 0.736. The predicted octanol–water partition coefficient (Wildman–Crippen LogP) is 4.82. The minimum atomic E-state index is -0.180. The molecule has 21 heavy (non-hydrogen) atoms. The van der Waals surface area contributed by atoms with Gasteiger partial charge in [-0.2, -0.15) is 0 Å². The molecule has 0 radical (unpaired) electrons. The first kappa shape index (κ1) is 14.0. The number of carbonyl (C=O) groups is 1. The number of nitrogens with one attached hydrogen (secondary N) is 1. The van der Waals surface area contributed by atoms with Gasteiger partial charge in [-0.25, -0.2) is 4.98 Å². The fourth-order valence-corrected chi connectivity index (χ4v) is 3.24. The smallest absolute Gasteiger partial charge is 0.257 e. The first-order valence-corrected chi connectivity index (χ1v) is 7.67. The van der Waals surface area contributed by atoms with Crippen molar-refractivity contribution in [2.75, 3.05) is 5.32 Å².